The molecule has 3 aromatic rings. The molecule has 0 saturated heterocycles. The van der Waals surface area contributed by atoms with Crippen molar-refractivity contribution in [3.05, 3.63) is 50.7 Å². The van der Waals surface area contributed by atoms with Gasteiger partial charge in [0.05, 0.1) is 5.69 Å². The summed E-state index contributed by atoms with van der Waals surface area (Å²) >= 11 is 3.66. The van der Waals surface area contributed by atoms with Gasteiger partial charge in [-0.1, -0.05) is 11.2 Å². The fraction of sp³-hybridized carbons (Fsp3) is 0.188. The summed E-state index contributed by atoms with van der Waals surface area (Å²) in [6.07, 6.45) is 2.25. The van der Waals surface area contributed by atoms with Gasteiger partial charge in [-0.05, 0) is 65.1 Å². The van der Waals surface area contributed by atoms with Crippen molar-refractivity contribution in [2.75, 3.05) is 5.32 Å². The third kappa shape index (κ3) is 3.16. The average molecular weight is 437 g/mol. The first kappa shape index (κ1) is 14.8. The molecule has 1 fully saturated rings. The van der Waals surface area contributed by atoms with Crippen LogP contribution in [-0.4, -0.2) is 16.0 Å². The number of thiophene rings is 1. The molecule has 2 aromatic heterocycles. The van der Waals surface area contributed by atoms with E-state index in [1.54, 1.807) is 6.07 Å². The highest BCUT2D eigenvalue weighted by Gasteiger charge is 2.29. The van der Waals surface area contributed by atoms with Crippen LogP contribution < -0.4 is 5.32 Å². The van der Waals surface area contributed by atoms with Gasteiger partial charge in [0.1, 0.15) is 4.88 Å². The van der Waals surface area contributed by atoms with Gasteiger partial charge < -0.3 is 9.84 Å². The molecule has 0 bridgehead atoms. The average Bonchev–Trinajstić information content (AvgIpc) is 3.10. The molecule has 0 spiro atoms. The highest BCUT2D eigenvalue weighted by molar-refractivity contribution is 14.1. The Labute approximate surface area is 150 Å². The van der Waals surface area contributed by atoms with Gasteiger partial charge >= 0.3 is 0 Å². The van der Waals surface area contributed by atoms with Gasteiger partial charge in [0, 0.05) is 15.1 Å². The molecule has 2 heterocycles. The first-order valence-electron chi connectivity index (χ1n) is 7.19. The van der Waals surface area contributed by atoms with Crippen molar-refractivity contribution in [3.63, 3.8) is 0 Å². The predicted octanol–water partition coefficient (Wildman–Crippen LogP) is 4.53. The molecular formula is C16H12IN3O2S. The van der Waals surface area contributed by atoms with Gasteiger partial charge in [0.25, 0.3) is 11.8 Å². The summed E-state index contributed by atoms with van der Waals surface area (Å²) in [5.74, 6) is 1.53. The molecule has 1 saturated carbocycles. The van der Waals surface area contributed by atoms with Crippen LogP contribution >= 0.6 is 33.9 Å². The zero-order valence-electron chi connectivity index (χ0n) is 12.0. The number of nitrogens with one attached hydrogen (secondary N) is 1. The van der Waals surface area contributed by atoms with Crippen molar-refractivity contribution in [2.24, 2.45) is 0 Å². The molecule has 116 valence electrons. The Balaban J connectivity index is 1.58. The summed E-state index contributed by atoms with van der Waals surface area (Å²) in [5, 5.41) is 8.86. The first-order chi connectivity index (χ1) is 11.2. The maximum absolute atomic E-state index is 12.4. The minimum Gasteiger partial charge on any atom is -0.333 e. The summed E-state index contributed by atoms with van der Waals surface area (Å²) in [5.41, 5.74) is 1.32. The minimum atomic E-state index is -0.148. The van der Waals surface area contributed by atoms with E-state index in [9.17, 15) is 4.79 Å². The maximum Gasteiger partial charge on any atom is 0.270 e. The third-order valence-corrected chi connectivity index (χ3v) is 5.15. The molecule has 1 amide bonds. The first-order valence-corrected chi connectivity index (χ1v) is 9.15. The van der Waals surface area contributed by atoms with Crippen LogP contribution in [0, 0.1) is 3.57 Å². The Hall–Kier alpha value is -1.74. The molecule has 1 N–H and O–H groups in total. The molecule has 1 aliphatic rings. The van der Waals surface area contributed by atoms with Crippen molar-refractivity contribution < 1.29 is 9.32 Å². The van der Waals surface area contributed by atoms with Crippen molar-refractivity contribution in [3.8, 4) is 10.8 Å². The zero-order valence-corrected chi connectivity index (χ0v) is 14.9. The van der Waals surface area contributed by atoms with E-state index >= 15 is 0 Å². The van der Waals surface area contributed by atoms with Crippen LogP contribution in [0.1, 0.15) is 34.9 Å². The van der Waals surface area contributed by atoms with Crippen LogP contribution in [0.2, 0.25) is 0 Å². The molecule has 0 radical (unpaired) electrons. The number of rotatable bonds is 4. The highest BCUT2D eigenvalue weighted by Crippen LogP contribution is 2.40. The van der Waals surface area contributed by atoms with E-state index in [4.69, 9.17) is 4.52 Å². The smallest absolute Gasteiger partial charge is 0.270 e. The summed E-state index contributed by atoms with van der Waals surface area (Å²) < 4.78 is 6.37. The van der Waals surface area contributed by atoms with Gasteiger partial charge in [-0.2, -0.15) is 4.98 Å². The standard InChI is InChI=1S/C16H12IN3O2S/c17-11-3-1-2-10(8-11)15(21)18-12-6-7-23-13(12)16-19-14(20-22-16)9-4-5-9/h1-3,6-9H,4-5H2,(H,18,21). The zero-order chi connectivity index (χ0) is 15.8. The van der Waals surface area contributed by atoms with E-state index in [0.29, 0.717) is 23.1 Å². The molecule has 5 nitrogen and oxygen atoms in total. The Morgan fingerprint density at radius 3 is 3.00 bits per heavy atom. The van der Waals surface area contributed by atoms with E-state index in [1.807, 2.05) is 29.6 Å². The third-order valence-electron chi connectivity index (χ3n) is 3.58. The summed E-state index contributed by atoms with van der Waals surface area (Å²) in [4.78, 5) is 17.6. The quantitative estimate of drug-likeness (QED) is 0.609. The van der Waals surface area contributed by atoms with E-state index in [0.717, 1.165) is 27.1 Å². The number of benzene rings is 1. The van der Waals surface area contributed by atoms with Gasteiger partial charge in [0.15, 0.2) is 5.82 Å². The maximum atomic E-state index is 12.4. The highest BCUT2D eigenvalue weighted by atomic mass is 127. The van der Waals surface area contributed by atoms with Crippen LogP contribution in [0.25, 0.3) is 10.8 Å². The number of halogens is 1. The summed E-state index contributed by atoms with van der Waals surface area (Å²) in [7, 11) is 0. The molecular weight excluding hydrogens is 425 g/mol. The second kappa shape index (κ2) is 6.04. The number of amides is 1. The SMILES string of the molecule is O=C(Nc1ccsc1-c1nc(C2CC2)no1)c1cccc(I)c1. The number of hydrogen-bond donors (Lipinski definition) is 1. The number of carbonyl (C=O) groups is 1. The molecule has 0 atom stereocenters. The fourth-order valence-electron chi connectivity index (χ4n) is 2.23. The normalized spacial score (nSPS) is 14.0. The van der Waals surface area contributed by atoms with Gasteiger partial charge in [-0.15, -0.1) is 11.3 Å². The van der Waals surface area contributed by atoms with Gasteiger partial charge in [-0.3, -0.25) is 4.79 Å². The Bertz CT molecular complexity index is 870. The molecule has 1 aromatic carbocycles. The molecule has 23 heavy (non-hydrogen) atoms. The van der Waals surface area contributed by atoms with Crippen LogP contribution in [0.5, 0.6) is 0 Å². The largest absolute Gasteiger partial charge is 0.333 e. The lowest BCUT2D eigenvalue weighted by Crippen LogP contribution is -2.11. The second-order valence-corrected chi connectivity index (χ2v) is 7.52. The second-order valence-electron chi connectivity index (χ2n) is 5.36. The van der Waals surface area contributed by atoms with Gasteiger partial charge in [0.2, 0.25) is 0 Å². The number of anilines is 1. The molecule has 7 heteroatoms. The molecule has 0 aliphatic heterocycles. The summed E-state index contributed by atoms with van der Waals surface area (Å²) in [6, 6.07) is 9.31. The lowest BCUT2D eigenvalue weighted by molar-refractivity contribution is 0.102. The Morgan fingerprint density at radius 2 is 2.22 bits per heavy atom. The fourth-order valence-corrected chi connectivity index (χ4v) is 3.55. The van der Waals surface area contributed by atoms with Crippen molar-refractivity contribution >= 4 is 45.5 Å². The summed E-state index contributed by atoms with van der Waals surface area (Å²) in [6.45, 7) is 0. The Morgan fingerprint density at radius 1 is 1.35 bits per heavy atom. The van der Waals surface area contributed by atoms with Crippen LogP contribution in [-0.2, 0) is 0 Å². The molecule has 0 unspecified atom stereocenters. The number of nitrogens with zero attached hydrogens (tertiary/aromatic N) is 2. The molecule has 4 rings (SSSR count). The number of aromatic nitrogens is 2. The predicted molar refractivity (Wildman–Crippen MR) is 96.7 cm³/mol. The van der Waals surface area contributed by atoms with Crippen molar-refractivity contribution in [2.45, 2.75) is 18.8 Å². The lowest BCUT2D eigenvalue weighted by Gasteiger charge is -2.05. The van der Waals surface area contributed by atoms with E-state index in [-0.39, 0.29) is 5.91 Å². The van der Waals surface area contributed by atoms with E-state index in [2.05, 4.69) is 38.0 Å². The number of hydrogen-bond acceptors (Lipinski definition) is 5. The van der Waals surface area contributed by atoms with Crippen LogP contribution in [0.3, 0.4) is 0 Å². The topological polar surface area (TPSA) is 68.0 Å². The Kier molecular flexibility index (Phi) is 3.90. The lowest BCUT2D eigenvalue weighted by atomic mass is 10.2. The van der Waals surface area contributed by atoms with E-state index in [1.165, 1.54) is 11.3 Å². The molecule has 1 aliphatic carbocycles. The van der Waals surface area contributed by atoms with Crippen molar-refractivity contribution in [1.82, 2.24) is 10.1 Å². The number of carbonyl (C=O) groups excluding carboxylic acids is 1. The van der Waals surface area contributed by atoms with Crippen LogP contribution in [0.15, 0.2) is 40.2 Å². The van der Waals surface area contributed by atoms with E-state index < -0.39 is 0 Å². The monoisotopic (exact) mass is 437 g/mol. The minimum absolute atomic E-state index is 0.148. The van der Waals surface area contributed by atoms with Crippen molar-refractivity contribution in [1.29, 1.82) is 0 Å². The van der Waals surface area contributed by atoms with Crippen LogP contribution in [0.4, 0.5) is 5.69 Å². The van der Waals surface area contributed by atoms with Gasteiger partial charge in [-0.25, -0.2) is 0 Å².